The molecule has 2 unspecified atom stereocenters. The van der Waals surface area contributed by atoms with Gasteiger partial charge in [-0.05, 0) is 43.5 Å². The summed E-state index contributed by atoms with van der Waals surface area (Å²) in [5.74, 6) is 1.18. The van der Waals surface area contributed by atoms with E-state index in [-0.39, 0.29) is 6.04 Å². The van der Waals surface area contributed by atoms with Gasteiger partial charge in [-0.25, -0.2) is 0 Å². The molecule has 4 heteroatoms. The number of fused-ring (bicyclic) bond motifs is 1. The van der Waals surface area contributed by atoms with Crippen LogP contribution in [0.5, 0.6) is 5.75 Å². The van der Waals surface area contributed by atoms with Crippen LogP contribution in [0, 0.1) is 0 Å². The summed E-state index contributed by atoms with van der Waals surface area (Å²) in [4.78, 5) is 2.40. The number of rotatable bonds is 2. The highest BCUT2D eigenvalue weighted by Crippen LogP contribution is 2.43. The number of benzene rings is 1. The Kier molecular flexibility index (Phi) is 4.43. The highest BCUT2D eigenvalue weighted by Gasteiger charge is 2.36. The number of aliphatic hydroxyl groups is 1. The summed E-state index contributed by atoms with van der Waals surface area (Å²) in [6.07, 6.45) is 3.22. The summed E-state index contributed by atoms with van der Waals surface area (Å²) in [5.41, 5.74) is 2.27. The minimum Gasteiger partial charge on any atom is -0.489 e. The van der Waals surface area contributed by atoms with Crippen molar-refractivity contribution in [2.45, 2.75) is 51.2 Å². The van der Waals surface area contributed by atoms with Gasteiger partial charge in [-0.2, -0.15) is 0 Å². The average Bonchev–Trinajstić information content (AvgIpc) is 2.47. The third-order valence-corrected chi connectivity index (χ3v) is 4.91. The maximum atomic E-state index is 10.5. The molecule has 2 atom stereocenters. The molecule has 0 saturated carbocycles. The molecule has 2 aliphatic rings. The summed E-state index contributed by atoms with van der Waals surface area (Å²) >= 11 is 6.42. The molecule has 0 aromatic heterocycles. The Labute approximate surface area is 131 Å². The van der Waals surface area contributed by atoms with Crippen LogP contribution in [0.1, 0.15) is 56.2 Å². The van der Waals surface area contributed by atoms with Crippen LogP contribution >= 0.6 is 11.6 Å². The van der Waals surface area contributed by atoms with Gasteiger partial charge in [-0.3, -0.25) is 4.90 Å². The molecule has 1 N–H and O–H groups in total. The lowest BCUT2D eigenvalue weighted by Gasteiger charge is -2.41. The molecule has 1 aromatic rings. The topological polar surface area (TPSA) is 32.7 Å². The Bertz CT molecular complexity index is 512. The molecule has 0 aliphatic carbocycles. The van der Waals surface area contributed by atoms with Crippen LogP contribution in [0.25, 0.3) is 0 Å². The molecule has 1 saturated heterocycles. The predicted molar refractivity (Wildman–Crippen MR) is 85.2 cm³/mol. The van der Waals surface area contributed by atoms with Crippen molar-refractivity contribution in [3.63, 3.8) is 0 Å². The van der Waals surface area contributed by atoms with Crippen LogP contribution in [0.15, 0.2) is 12.1 Å². The second kappa shape index (κ2) is 6.15. The van der Waals surface area contributed by atoms with E-state index in [1.807, 2.05) is 6.07 Å². The second-order valence-corrected chi connectivity index (χ2v) is 6.90. The number of likely N-dealkylation sites (tertiary alicyclic amines) is 1. The highest BCUT2D eigenvalue weighted by molar-refractivity contribution is 6.32. The highest BCUT2D eigenvalue weighted by atomic mass is 35.5. The van der Waals surface area contributed by atoms with E-state index >= 15 is 0 Å². The summed E-state index contributed by atoms with van der Waals surface area (Å²) < 4.78 is 5.71. The van der Waals surface area contributed by atoms with Crippen molar-refractivity contribution in [3.8, 4) is 5.75 Å². The van der Waals surface area contributed by atoms with Gasteiger partial charge in [0.25, 0.3) is 0 Å². The maximum Gasteiger partial charge on any atom is 0.142 e. The van der Waals surface area contributed by atoms with Crippen LogP contribution in [0.4, 0.5) is 0 Å². The molecule has 3 nitrogen and oxygen atoms in total. The van der Waals surface area contributed by atoms with E-state index < -0.39 is 6.10 Å². The Morgan fingerprint density at radius 1 is 1.24 bits per heavy atom. The smallest absolute Gasteiger partial charge is 0.142 e. The van der Waals surface area contributed by atoms with Gasteiger partial charge in [0.1, 0.15) is 18.5 Å². The molecule has 3 rings (SSSR count). The van der Waals surface area contributed by atoms with E-state index in [4.69, 9.17) is 16.3 Å². The molecule has 0 radical (unpaired) electrons. The van der Waals surface area contributed by atoms with Crippen LogP contribution in [-0.2, 0) is 0 Å². The standard InChI is InChI=1S/C17H24ClNO2/c1-11(2)12-8-13-16(19-6-4-3-5-7-19)15(20)10-21-17(13)14(18)9-12/h8-9,11,15-16,20H,3-7,10H2,1-2H3. The molecule has 1 fully saturated rings. The van der Waals surface area contributed by atoms with Gasteiger partial charge in [0.2, 0.25) is 0 Å². The predicted octanol–water partition coefficient (Wildman–Crippen LogP) is 3.74. The van der Waals surface area contributed by atoms with Gasteiger partial charge >= 0.3 is 0 Å². The Hall–Kier alpha value is -0.770. The van der Waals surface area contributed by atoms with Crippen molar-refractivity contribution in [3.05, 3.63) is 28.3 Å². The number of nitrogens with zero attached hydrogens (tertiary/aromatic N) is 1. The number of ether oxygens (including phenoxy) is 1. The lowest BCUT2D eigenvalue weighted by molar-refractivity contribution is -0.00675. The monoisotopic (exact) mass is 309 g/mol. The molecule has 116 valence electrons. The van der Waals surface area contributed by atoms with Crippen LogP contribution in [0.3, 0.4) is 0 Å². The fourth-order valence-corrected chi connectivity index (χ4v) is 3.74. The second-order valence-electron chi connectivity index (χ2n) is 6.50. The maximum absolute atomic E-state index is 10.5. The van der Waals surface area contributed by atoms with Crippen molar-refractivity contribution >= 4 is 11.6 Å². The van der Waals surface area contributed by atoms with Crippen molar-refractivity contribution < 1.29 is 9.84 Å². The fraction of sp³-hybridized carbons (Fsp3) is 0.647. The Morgan fingerprint density at radius 3 is 2.62 bits per heavy atom. The third kappa shape index (κ3) is 2.92. The molecule has 1 aromatic carbocycles. The zero-order valence-corrected chi connectivity index (χ0v) is 13.6. The van der Waals surface area contributed by atoms with E-state index in [9.17, 15) is 5.11 Å². The van der Waals surface area contributed by atoms with Gasteiger partial charge in [0.05, 0.1) is 11.1 Å². The molecule has 2 heterocycles. The van der Waals surface area contributed by atoms with E-state index in [0.717, 1.165) is 24.4 Å². The summed E-state index contributed by atoms with van der Waals surface area (Å²) in [6, 6.07) is 4.19. The quantitative estimate of drug-likeness (QED) is 0.903. The first-order valence-corrected chi connectivity index (χ1v) is 8.34. The summed E-state index contributed by atoms with van der Waals surface area (Å²) in [6.45, 7) is 6.74. The van der Waals surface area contributed by atoms with Gasteiger partial charge in [0, 0.05) is 5.56 Å². The number of hydrogen-bond acceptors (Lipinski definition) is 3. The van der Waals surface area contributed by atoms with Gasteiger partial charge in [-0.15, -0.1) is 0 Å². The minimum absolute atomic E-state index is 0.0187. The van der Waals surface area contributed by atoms with Gasteiger partial charge < -0.3 is 9.84 Å². The van der Waals surface area contributed by atoms with E-state index in [1.54, 1.807) is 0 Å². The van der Waals surface area contributed by atoms with Crippen LogP contribution < -0.4 is 4.74 Å². The summed E-state index contributed by atoms with van der Waals surface area (Å²) in [7, 11) is 0. The molecule has 0 bridgehead atoms. The SMILES string of the molecule is CC(C)c1cc(Cl)c2c(c1)C(N1CCCCC1)C(O)CO2. The average molecular weight is 310 g/mol. The fourth-order valence-electron chi connectivity index (χ4n) is 3.45. The third-order valence-electron chi connectivity index (χ3n) is 4.63. The Balaban J connectivity index is 2.02. The van der Waals surface area contributed by atoms with E-state index in [1.165, 1.54) is 24.8 Å². The van der Waals surface area contributed by atoms with Crippen molar-refractivity contribution in [2.75, 3.05) is 19.7 Å². The first-order valence-electron chi connectivity index (χ1n) is 7.96. The lowest BCUT2D eigenvalue weighted by atomic mass is 9.91. The molecule has 0 amide bonds. The van der Waals surface area contributed by atoms with Crippen LogP contribution in [0.2, 0.25) is 5.02 Å². The largest absolute Gasteiger partial charge is 0.489 e. The normalized spacial score (nSPS) is 26.5. The number of halogens is 1. The number of hydrogen-bond donors (Lipinski definition) is 1. The van der Waals surface area contributed by atoms with Crippen molar-refractivity contribution in [1.29, 1.82) is 0 Å². The van der Waals surface area contributed by atoms with Crippen LogP contribution in [-0.4, -0.2) is 35.8 Å². The molecule has 21 heavy (non-hydrogen) atoms. The molecule has 2 aliphatic heterocycles. The lowest BCUT2D eigenvalue weighted by Crippen LogP contribution is -2.44. The van der Waals surface area contributed by atoms with Gasteiger partial charge in [0.15, 0.2) is 0 Å². The van der Waals surface area contributed by atoms with E-state index in [2.05, 4.69) is 24.8 Å². The van der Waals surface area contributed by atoms with Crippen molar-refractivity contribution in [1.82, 2.24) is 4.90 Å². The first-order chi connectivity index (χ1) is 10.1. The van der Waals surface area contributed by atoms with Gasteiger partial charge in [-0.1, -0.05) is 37.9 Å². The molecule has 0 spiro atoms. The zero-order valence-electron chi connectivity index (χ0n) is 12.8. The number of aliphatic hydroxyl groups excluding tert-OH is 1. The Morgan fingerprint density at radius 2 is 1.95 bits per heavy atom. The molecular weight excluding hydrogens is 286 g/mol. The zero-order chi connectivity index (χ0) is 15.0. The van der Waals surface area contributed by atoms with Crippen molar-refractivity contribution in [2.24, 2.45) is 0 Å². The molecular formula is C17H24ClNO2. The first kappa shape index (κ1) is 15.1. The number of piperidine rings is 1. The summed E-state index contributed by atoms with van der Waals surface area (Å²) in [5, 5.41) is 11.1. The van der Waals surface area contributed by atoms with E-state index in [0.29, 0.717) is 17.5 Å². The minimum atomic E-state index is -0.478.